The number of hydrogen-bond acceptors (Lipinski definition) is 4. The molecule has 0 radical (unpaired) electrons. The summed E-state index contributed by atoms with van der Waals surface area (Å²) in [4.78, 5) is 10.00. The fourth-order valence-electron chi connectivity index (χ4n) is 0.681. The largest absolute Gasteiger partial charge is 0.506 e. The Morgan fingerprint density at radius 2 is 2.60 bits per heavy atom. The summed E-state index contributed by atoms with van der Waals surface area (Å²) < 4.78 is 9.43. The molecular formula is C5H8O4S. The Labute approximate surface area is 62.7 Å². The van der Waals surface area contributed by atoms with Crippen LogP contribution in [0.1, 0.15) is 6.42 Å². The van der Waals surface area contributed by atoms with Crippen molar-refractivity contribution in [1.82, 2.24) is 0 Å². The Balaban J connectivity index is 2.19. The van der Waals surface area contributed by atoms with Crippen LogP contribution >= 0.6 is 12.0 Å². The van der Waals surface area contributed by atoms with Crippen molar-refractivity contribution >= 4 is 18.2 Å². The maximum absolute atomic E-state index is 10.00. The second-order valence-electron chi connectivity index (χ2n) is 1.90. The molecule has 1 aliphatic rings. The van der Waals surface area contributed by atoms with Crippen LogP contribution in [0.3, 0.4) is 0 Å². The zero-order valence-electron chi connectivity index (χ0n) is 5.28. The molecule has 1 heterocycles. The molecule has 10 heavy (non-hydrogen) atoms. The molecule has 1 unspecified atom stereocenters. The average molecular weight is 164 g/mol. The Kier molecular flexibility index (Phi) is 2.82. The van der Waals surface area contributed by atoms with E-state index < -0.39 is 6.16 Å². The minimum absolute atomic E-state index is 0.184. The molecule has 4 nitrogen and oxygen atoms in total. The van der Waals surface area contributed by atoms with Crippen LogP contribution in [-0.4, -0.2) is 29.7 Å². The molecule has 1 atom stereocenters. The van der Waals surface area contributed by atoms with Crippen LogP contribution in [0.15, 0.2) is 0 Å². The van der Waals surface area contributed by atoms with Crippen molar-refractivity contribution in [3.63, 3.8) is 0 Å². The van der Waals surface area contributed by atoms with Gasteiger partial charge in [-0.3, -0.25) is 0 Å². The lowest BCUT2D eigenvalue weighted by atomic mass is 10.3. The van der Waals surface area contributed by atoms with Gasteiger partial charge in [0, 0.05) is 6.42 Å². The first-order chi connectivity index (χ1) is 4.79. The highest BCUT2D eigenvalue weighted by Crippen LogP contribution is 2.17. The second kappa shape index (κ2) is 3.68. The summed E-state index contributed by atoms with van der Waals surface area (Å²) in [5, 5.41) is 8.19. The van der Waals surface area contributed by atoms with E-state index in [0.717, 1.165) is 0 Å². The lowest BCUT2D eigenvalue weighted by molar-refractivity contribution is 0.0484. The van der Waals surface area contributed by atoms with Crippen LogP contribution in [0.5, 0.6) is 0 Å². The van der Waals surface area contributed by atoms with Gasteiger partial charge in [0.05, 0.1) is 12.4 Å². The van der Waals surface area contributed by atoms with Crippen molar-refractivity contribution < 1.29 is 18.8 Å². The van der Waals surface area contributed by atoms with Crippen LogP contribution < -0.4 is 0 Å². The summed E-state index contributed by atoms with van der Waals surface area (Å²) >= 11 is 1.26. The fraction of sp³-hybridized carbons (Fsp3) is 0.800. The zero-order chi connectivity index (χ0) is 7.40. The van der Waals surface area contributed by atoms with Gasteiger partial charge in [0.25, 0.3) is 0 Å². The molecule has 1 fully saturated rings. The molecule has 0 aromatic carbocycles. The van der Waals surface area contributed by atoms with E-state index in [2.05, 4.69) is 4.74 Å². The van der Waals surface area contributed by atoms with E-state index in [0.29, 0.717) is 18.8 Å². The molecular weight excluding hydrogens is 156 g/mol. The number of rotatable bonds is 1. The molecule has 0 amide bonds. The van der Waals surface area contributed by atoms with Crippen LogP contribution in [0.2, 0.25) is 0 Å². The molecule has 5 heteroatoms. The Morgan fingerprint density at radius 3 is 3.10 bits per heavy atom. The SMILES string of the molecule is O=C(O)OC1CCOSC1. The predicted molar refractivity (Wildman–Crippen MR) is 35.9 cm³/mol. The molecule has 1 aliphatic heterocycles. The number of carboxylic acid groups (broad SMARTS) is 1. The predicted octanol–water partition coefficient (Wildman–Crippen LogP) is 1.12. The van der Waals surface area contributed by atoms with Gasteiger partial charge in [0.15, 0.2) is 0 Å². The standard InChI is InChI=1S/C5H8O4S/c6-5(7)9-4-1-2-8-10-3-4/h4H,1-3H2,(H,6,7). The van der Waals surface area contributed by atoms with Crippen molar-refractivity contribution in [3.05, 3.63) is 0 Å². The van der Waals surface area contributed by atoms with E-state index >= 15 is 0 Å². The maximum Gasteiger partial charge on any atom is 0.506 e. The van der Waals surface area contributed by atoms with Crippen molar-refractivity contribution in [2.75, 3.05) is 12.4 Å². The fourth-order valence-corrected chi connectivity index (χ4v) is 1.38. The summed E-state index contributed by atoms with van der Waals surface area (Å²) in [6.07, 6.45) is -0.719. The van der Waals surface area contributed by atoms with E-state index in [1.807, 2.05) is 0 Å². The maximum atomic E-state index is 10.00. The van der Waals surface area contributed by atoms with Gasteiger partial charge in [-0.05, 0) is 12.0 Å². The van der Waals surface area contributed by atoms with E-state index in [9.17, 15) is 4.79 Å². The monoisotopic (exact) mass is 164 g/mol. The third kappa shape index (κ3) is 2.45. The zero-order valence-corrected chi connectivity index (χ0v) is 6.10. The minimum Gasteiger partial charge on any atom is -0.450 e. The van der Waals surface area contributed by atoms with Gasteiger partial charge in [-0.1, -0.05) is 0 Å². The van der Waals surface area contributed by atoms with Crippen LogP contribution in [-0.2, 0) is 8.92 Å². The van der Waals surface area contributed by atoms with Gasteiger partial charge in [-0.2, -0.15) is 0 Å². The van der Waals surface area contributed by atoms with Crippen molar-refractivity contribution in [1.29, 1.82) is 0 Å². The second-order valence-corrected chi connectivity index (χ2v) is 2.71. The minimum atomic E-state index is -1.20. The van der Waals surface area contributed by atoms with E-state index in [-0.39, 0.29) is 6.10 Å². The first-order valence-electron chi connectivity index (χ1n) is 2.93. The molecule has 1 N–H and O–H groups in total. The van der Waals surface area contributed by atoms with Crippen molar-refractivity contribution in [3.8, 4) is 0 Å². The summed E-state index contributed by atoms with van der Waals surface area (Å²) in [5.74, 6) is 0.603. The Morgan fingerprint density at radius 1 is 1.80 bits per heavy atom. The summed E-state index contributed by atoms with van der Waals surface area (Å²) in [5.41, 5.74) is 0. The third-order valence-electron chi connectivity index (χ3n) is 1.13. The van der Waals surface area contributed by atoms with Crippen molar-refractivity contribution in [2.24, 2.45) is 0 Å². The highest BCUT2D eigenvalue weighted by atomic mass is 32.2. The first-order valence-corrected chi connectivity index (χ1v) is 3.84. The van der Waals surface area contributed by atoms with E-state index in [4.69, 9.17) is 9.29 Å². The van der Waals surface area contributed by atoms with Gasteiger partial charge in [-0.15, -0.1) is 0 Å². The molecule has 0 aromatic heterocycles. The lowest BCUT2D eigenvalue weighted by Crippen LogP contribution is -2.24. The molecule has 1 saturated heterocycles. The van der Waals surface area contributed by atoms with Crippen molar-refractivity contribution in [2.45, 2.75) is 12.5 Å². The molecule has 1 rings (SSSR count). The summed E-state index contributed by atoms with van der Waals surface area (Å²) in [6, 6.07) is 0. The van der Waals surface area contributed by atoms with Gasteiger partial charge in [-0.25, -0.2) is 4.79 Å². The van der Waals surface area contributed by atoms with Crippen LogP contribution in [0.4, 0.5) is 4.79 Å². The number of carbonyl (C=O) groups is 1. The van der Waals surface area contributed by atoms with Crippen LogP contribution in [0.25, 0.3) is 0 Å². The van der Waals surface area contributed by atoms with Crippen LogP contribution in [0, 0.1) is 0 Å². The highest BCUT2D eigenvalue weighted by Gasteiger charge is 2.17. The Bertz CT molecular complexity index is 121. The molecule has 0 bridgehead atoms. The quantitative estimate of drug-likeness (QED) is 0.465. The Hall–Kier alpha value is -0.420. The normalized spacial score (nSPS) is 25.8. The van der Waals surface area contributed by atoms with Gasteiger partial charge >= 0.3 is 6.16 Å². The lowest BCUT2D eigenvalue weighted by Gasteiger charge is -2.18. The highest BCUT2D eigenvalue weighted by molar-refractivity contribution is 7.94. The summed E-state index contributed by atoms with van der Waals surface area (Å²) in [7, 11) is 0. The molecule has 0 aliphatic carbocycles. The number of hydrogen-bond donors (Lipinski definition) is 1. The number of ether oxygens (including phenoxy) is 1. The van der Waals surface area contributed by atoms with E-state index in [1.165, 1.54) is 12.0 Å². The smallest absolute Gasteiger partial charge is 0.450 e. The molecule has 0 aromatic rings. The first kappa shape index (κ1) is 7.68. The molecule has 0 spiro atoms. The van der Waals surface area contributed by atoms with E-state index in [1.54, 1.807) is 0 Å². The van der Waals surface area contributed by atoms with Gasteiger partial charge in [0.2, 0.25) is 0 Å². The topological polar surface area (TPSA) is 55.8 Å². The average Bonchev–Trinajstić information content (AvgIpc) is 1.88. The molecule has 0 saturated carbocycles. The van der Waals surface area contributed by atoms with Gasteiger partial charge in [0.1, 0.15) is 6.10 Å². The summed E-state index contributed by atoms with van der Waals surface area (Å²) in [6.45, 7) is 0.572. The third-order valence-corrected chi connectivity index (χ3v) is 1.97. The van der Waals surface area contributed by atoms with Gasteiger partial charge < -0.3 is 14.0 Å². The molecule has 58 valence electrons.